The Morgan fingerprint density at radius 3 is 2.86 bits per heavy atom. The molecule has 0 saturated carbocycles. The van der Waals surface area contributed by atoms with Crippen LogP contribution in [0.1, 0.15) is 33.6 Å². The van der Waals surface area contributed by atoms with Gasteiger partial charge < -0.3 is 0 Å². The lowest BCUT2D eigenvalue weighted by Crippen LogP contribution is -2.34. The fourth-order valence-electron chi connectivity index (χ4n) is 1.83. The highest BCUT2D eigenvalue weighted by atomic mass is 14.9. The van der Waals surface area contributed by atoms with Crippen molar-refractivity contribution in [2.75, 3.05) is 6.54 Å². The average molecular weight is 192 g/mol. The van der Waals surface area contributed by atoms with Crippen molar-refractivity contribution in [3.05, 3.63) is 12.2 Å². The molecule has 1 rings (SSSR count). The number of hydrogen-bond acceptors (Lipinski definition) is 2. The van der Waals surface area contributed by atoms with Gasteiger partial charge in [0.1, 0.15) is 6.34 Å². The summed E-state index contributed by atoms with van der Waals surface area (Å²) in [4.78, 5) is 8.50. The summed E-state index contributed by atoms with van der Waals surface area (Å²) in [5.41, 5.74) is 0.163. The molecular formula is C12H20N2. The van der Waals surface area contributed by atoms with Crippen LogP contribution in [-0.2, 0) is 0 Å². The minimum Gasteiger partial charge on any atom is -0.273 e. The summed E-state index contributed by atoms with van der Waals surface area (Å²) >= 11 is 0. The summed E-state index contributed by atoms with van der Waals surface area (Å²) in [5, 5.41) is 0. The average Bonchev–Trinajstić information content (AvgIpc) is 2.26. The number of allylic oxidation sites excluding steroid dienone is 2. The van der Waals surface area contributed by atoms with Gasteiger partial charge in [-0.25, -0.2) is 4.99 Å². The van der Waals surface area contributed by atoms with Gasteiger partial charge in [-0.1, -0.05) is 32.4 Å². The highest BCUT2D eigenvalue weighted by Crippen LogP contribution is 2.34. The van der Waals surface area contributed by atoms with Gasteiger partial charge in [-0.3, -0.25) is 4.99 Å². The smallest absolute Gasteiger partial charge is 0.109 e. The highest BCUT2D eigenvalue weighted by Gasteiger charge is 2.33. The quantitative estimate of drug-likeness (QED) is 0.611. The molecule has 0 N–H and O–H groups in total. The van der Waals surface area contributed by atoms with Crippen LogP contribution in [-0.4, -0.2) is 19.1 Å². The third-order valence-electron chi connectivity index (χ3n) is 3.19. The zero-order valence-corrected chi connectivity index (χ0v) is 9.40. The Morgan fingerprint density at radius 2 is 2.36 bits per heavy atom. The molecule has 0 aliphatic carbocycles. The van der Waals surface area contributed by atoms with Crippen molar-refractivity contribution in [2.24, 2.45) is 21.3 Å². The van der Waals surface area contributed by atoms with E-state index in [4.69, 9.17) is 0 Å². The lowest BCUT2D eigenvalue weighted by atomic mass is 9.73. The molecule has 1 aliphatic rings. The van der Waals surface area contributed by atoms with E-state index < -0.39 is 0 Å². The lowest BCUT2D eigenvalue weighted by molar-refractivity contribution is 0.286. The number of hydrogen-bond donors (Lipinski definition) is 0. The van der Waals surface area contributed by atoms with Crippen LogP contribution in [0.2, 0.25) is 0 Å². The molecule has 0 fully saturated rings. The number of nitrogens with zero attached hydrogens (tertiary/aromatic N) is 2. The normalized spacial score (nSPS) is 28.5. The lowest BCUT2D eigenvalue weighted by Gasteiger charge is -2.34. The van der Waals surface area contributed by atoms with E-state index in [2.05, 4.69) is 49.1 Å². The first-order valence-electron chi connectivity index (χ1n) is 5.39. The molecule has 0 spiro atoms. The van der Waals surface area contributed by atoms with Gasteiger partial charge >= 0.3 is 0 Å². The number of rotatable bonds is 4. The SMILES string of the molecule is CC=CCC1(C(C)CC)C=NC=NC1. The predicted octanol–water partition coefficient (Wildman–Crippen LogP) is 3.10. The van der Waals surface area contributed by atoms with Gasteiger partial charge in [-0.2, -0.15) is 0 Å². The van der Waals surface area contributed by atoms with Crippen LogP contribution in [0, 0.1) is 11.3 Å². The molecule has 1 heterocycles. The third kappa shape index (κ3) is 2.31. The van der Waals surface area contributed by atoms with Gasteiger partial charge in [0.05, 0.1) is 6.54 Å². The Balaban J connectivity index is 2.79. The topological polar surface area (TPSA) is 24.7 Å². The maximum Gasteiger partial charge on any atom is 0.109 e. The molecule has 2 unspecified atom stereocenters. The molecule has 2 nitrogen and oxygen atoms in total. The van der Waals surface area contributed by atoms with E-state index in [1.807, 2.05) is 0 Å². The van der Waals surface area contributed by atoms with E-state index in [1.54, 1.807) is 6.34 Å². The van der Waals surface area contributed by atoms with E-state index in [9.17, 15) is 0 Å². The molecule has 78 valence electrons. The van der Waals surface area contributed by atoms with Gasteiger partial charge in [-0.05, 0) is 19.3 Å². The molecule has 0 amide bonds. The van der Waals surface area contributed by atoms with E-state index in [-0.39, 0.29) is 5.41 Å². The van der Waals surface area contributed by atoms with Crippen LogP contribution >= 0.6 is 0 Å². The Labute approximate surface area is 86.8 Å². The molecule has 0 radical (unpaired) electrons. The van der Waals surface area contributed by atoms with Gasteiger partial charge in [0.2, 0.25) is 0 Å². The van der Waals surface area contributed by atoms with Crippen molar-refractivity contribution in [3.8, 4) is 0 Å². The Bertz CT molecular complexity index is 253. The van der Waals surface area contributed by atoms with Gasteiger partial charge in [0.15, 0.2) is 0 Å². The number of aliphatic imine (C=N–C) groups is 2. The predicted molar refractivity (Wildman–Crippen MR) is 63.2 cm³/mol. The van der Waals surface area contributed by atoms with Crippen molar-refractivity contribution >= 4 is 12.6 Å². The fourth-order valence-corrected chi connectivity index (χ4v) is 1.83. The Hall–Kier alpha value is -0.920. The first kappa shape index (κ1) is 11.2. The zero-order valence-electron chi connectivity index (χ0n) is 9.40. The van der Waals surface area contributed by atoms with E-state index in [0.29, 0.717) is 5.92 Å². The molecular weight excluding hydrogens is 172 g/mol. The van der Waals surface area contributed by atoms with E-state index in [0.717, 1.165) is 13.0 Å². The maximum atomic E-state index is 4.30. The molecule has 14 heavy (non-hydrogen) atoms. The van der Waals surface area contributed by atoms with Crippen LogP contribution in [0.15, 0.2) is 22.1 Å². The first-order valence-corrected chi connectivity index (χ1v) is 5.39. The zero-order chi connectivity index (χ0) is 10.4. The minimum absolute atomic E-state index is 0.163. The van der Waals surface area contributed by atoms with Gasteiger partial charge in [0, 0.05) is 11.6 Å². The van der Waals surface area contributed by atoms with Gasteiger partial charge in [-0.15, -0.1) is 0 Å². The Kier molecular flexibility index (Phi) is 4.05. The third-order valence-corrected chi connectivity index (χ3v) is 3.19. The van der Waals surface area contributed by atoms with Crippen LogP contribution < -0.4 is 0 Å². The van der Waals surface area contributed by atoms with E-state index in [1.165, 1.54) is 6.42 Å². The first-order chi connectivity index (χ1) is 6.75. The summed E-state index contributed by atoms with van der Waals surface area (Å²) in [6.45, 7) is 7.47. The fraction of sp³-hybridized carbons (Fsp3) is 0.667. The van der Waals surface area contributed by atoms with Crippen LogP contribution in [0.5, 0.6) is 0 Å². The molecule has 2 heteroatoms. The van der Waals surface area contributed by atoms with Crippen molar-refractivity contribution in [1.82, 2.24) is 0 Å². The summed E-state index contributed by atoms with van der Waals surface area (Å²) in [6, 6.07) is 0. The van der Waals surface area contributed by atoms with E-state index >= 15 is 0 Å². The molecule has 0 aromatic rings. The van der Waals surface area contributed by atoms with Crippen molar-refractivity contribution < 1.29 is 0 Å². The van der Waals surface area contributed by atoms with Gasteiger partial charge in [0.25, 0.3) is 0 Å². The Morgan fingerprint density at radius 1 is 1.57 bits per heavy atom. The second kappa shape index (κ2) is 5.08. The summed E-state index contributed by atoms with van der Waals surface area (Å²) in [6.07, 6.45) is 10.3. The summed E-state index contributed by atoms with van der Waals surface area (Å²) in [5.74, 6) is 0.639. The summed E-state index contributed by atoms with van der Waals surface area (Å²) in [7, 11) is 0. The second-order valence-electron chi connectivity index (χ2n) is 4.05. The largest absolute Gasteiger partial charge is 0.273 e. The van der Waals surface area contributed by atoms with Crippen molar-refractivity contribution in [3.63, 3.8) is 0 Å². The van der Waals surface area contributed by atoms with Crippen molar-refractivity contribution in [2.45, 2.75) is 33.6 Å². The molecule has 2 atom stereocenters. The second-order valence-corrected chi connectivity index (χ2v) is 4.05. The summed E-state index contributed by atoms with van der Waals surface area (Å²) < 4.78 is 0. The highest BCUT2D eigenvalue weighted by molar-refractivity contribution is 5.79. The van der Waals surface area contributed by atoms with Crippen LogP contribution in [0.3, 0.4) is 0 Å². The van der Waals surface area contributed by atoms with Crippen LogP contribution in [0.4, 0.5) is 0 Å². The molecule has 0 aromatic heterocycles. The van der Waals surface area contributed by atoms with Crippen molar-refractivity contribution in [1.29, 1.82) is 0 Å². The minimum atomic E-state index is 0.163. The standard InChI is InChI=1S/C12H20N2/c1-4-6-7-12(11(3)5-2)8-13-10-14-9-12/h4,6,8,10-11H,5,7,9H2,1-3H3. The van der Waals surface area contributed by atoms with Crippen LogP contribution in [0.25, 0.3) is 0 Å². The molecule has 1 aliphatic heterocycles. The molecule has 0 aromatic carbocycles. The molecule has 0 bridgehead atoms. The maximum absolute atomic E-state index is 4.30. The monoisotopic (exact) mass is 192 g/mol. The molecule has 0 saturated heterocycles.